The highest BCUT2D eigenvalue weighted by molar-refractivity contribution is 5.57. The summed E-state index contributed by atoms with van der Waals surface area (Å²) in [6.45, 7) is 0.385. The van der Waals surface area contributed by atoms with Crippen LogP contribution in [0.4, 0.5) is 10.1 Å². The summed E-state index contributed by atoms with van der Waals surface area (Å²) in [5.41, 5.74) is 0.324. The van der Waals surface area contributed by atoms with E-state index in [0.29, 0.717) is 5.69 Å². The van der Waals surface area contributed by atoms with Crippen molar-refractivity contribution in [3.63, 3.8) is 0 Å². The Morgan fingerprint density at radius 2 is 2.38 bits per heavy atom. The molecule has 1 unspecified atom stereocenters. The molecule has 0 heterocycles. The van der Waals surface area contributed by atoms with Crippen molar-refractivity contribution in [3.05, 3.63) is 29.6 Å². The van der Waals surface area contributed by atoms with Gasteiger partial charge in [0.25, 0.3) is 0 Å². The third-order valence-corrected chi connectivity index (χ3v) is 2.01. The van der Waals surface area contributed by atoms with E-state index in [1.54, 1.807) is 12.1 Å². The van der Waals surface area contributed by atoms with Gasteiger partial charge in [0.05, 0.1) is 18.4 Å². The monoisotopic (exact) mass is 224 g/mol. The zero-order chi connectivity index (χ0) is 12.0. The Bertz CT molecular complexity index is 390. The van der Waals surface area contributed by atoms with Crippen molar-refractivity contribution in [3.8, 4) is 6.07 Å². The van der Waals surface area contributed by atoms with Crippen LogP contribution in [0, 0.1) is 17.1 Å². The minimum Gasteiger partial charge on any atom is -0.389 e. The molecule has 1 aromatic carbocycles. The second-order valence-corrected chi connectivity index (χ2v) is 3.26. The van der Waals surface area contributed by atoms with Crippen molar-refractivity contribution >= 4 is 5.69 Å². The van der Waals surface area contributed by atoms with Gasteiger partial charge in [0.2, 0.25) is 0 Å². The van der Waals surface area contributed by atoms with E-state index in [0.717, 1.165) is 0 Å². The molecule has 0 aliphatic carbocycles. The van der Waals surface area contributed by atoms with Crippen LogP contribution in [-0.2, 0) is 4.74 Å². The quantitative estimate of drug-likeness (QED) is 0.786. The third kappa shape index (κ3) is 3.19. The largest absolute Gasteiger partial charge is 0.389 e. The molecule has 1 rings (SSSR count). The lowest BCUT2D eigenvalue weighted by Crippen LogP contribution is -2.24. The van der Waals surface area contributed by atoms with Crippen LogP contribution in [0.5, 0.6) is 0 Å². The molecule has 0 bridgehead atoms. The summed E-state index contributed by atoms with van der Waals surface area (Å²) in [6.07, 6.45) is -0.695. The number of ether oxygens (including phenoxy) is 1. The number of nitrogens with zero attached hydrogens (tertiary/aromatic N) is 1. The number of halogens is 1. The summed E-state index contributed by atoms with van der Waals surface area (Å²) in [5, 5.41) is 20.9. The van der Waals surface area contributed by atoms with Gasteiger partial charge in [-0.3, -0.25) is 0 Å². The Kier molecular flexibility index (Phi) is 4.70. The van der Waals surface area contributed by atoms with Crippen molar-refractivity contribution in [2.24, 2.45) is 0 Å². The lowest BCUT2D eigenvalue weighted by Gasteiger charge is -2.12. The van der Waals surface area contributed by atoms with Crippen LogP contribution < -0.4 is 5.32 Å². The fourth-order valence-electron chi connectivity index (χ4n) is 1.26. The lowest BCUT2D eigenvalue weighted by molar-refractivity contribution is 0.0727. The number of benzene rings is 1. The van der Waals surface area contributed by atoms with Gasteiger partial charge in [-0.05, 0) is 12.1 Å². The van der Waals surface area contributed by atoms with Crippen LogP contribution in [0.3, 0.4) is 0 Å². The van der Waals surface area contributed by atoms with Gasteiger partial charge in [0.1, 0.15) is 17.4 Å². The fraction of sp³-hybridized carbons (Fsp3) is 0.364. The maximum Gasteiger partial charge on any atom is 0.143 e. The fourth-order valence-corrected chi connectivity index (χ4v) is 1.26. The molecular formula is C11H13FN2O2. The summed E-state index contributed by atoms with van der Waals surface area (Å²) in [4.78, 5) is 0. The Morgan fingerprint density at radius 1 is 1.62 bits per heavy atom. The Labute approximate surface area is 93.3 Å². The number of hydrogen-bond donors (Lipinski definition) is 2. The summed E-state index contributed by atoms with van der Waals surface area (Å²) in [6, 6.07) is 6.07. The average Bonchev–Trinajstić information content (AvgIpc) is 2.27. The predicted octanol–water partition coefficient (Wildman–Crippen LogP) is 1.12. The number of anilines is 1. The minimum atomic E-state index is -0.695. The minimum absolute atomic E-state index is 0.0490. The number of methoxy groups -OCH3 is 1. The zero-order valence-corrected chi connectivity index (χ0v) is 8.90. The highest BCUT2D eigenvalue weighted by atomic mass is 19.1. The van der Waals surface area contributed by atoms with Crippen molar-refractivity contribution in [1.29, 1.82) is 5.26 Å². The van der Waals surface area contributed by atoms with E-state index in [-0.39, 0.29) is 18.7 Å². The molecule has 0 aromatic heterocycles. The normalized spacial score (nSPS) is 11.9. The van der Waals surface area contributed by atoms with Gasteiger partial charge in [0, 0.05) is 13.7 Å². The lowest BCUT2D eigenvalue weighted by atomic mass is 10.2. The van der Waals surface area contributed by atoms with E-state index < -0.39 is 11.9 Å². The number of hydrogen-bond acceptors (Lipinski definition) is 4. The molecule has 0 fully saturated rings. The molecule has 0 aliphatic heterocycles. The molecular weight excluding hydrogens is 211 g/mol. The second-order valence-electron chi connectivity index (χ2n) is 3.26. The van der Waals surface area contributed by atoms with E-state index >= 15 is 0 Å². The number of aliphatic hydroxyl groups is 1. The Morgan fingerprint density at radius 3 is 3.00 bits per heavy atom. The molecule has 2 N–H and O–H groups in total. The summed E-state index contributed by atoms with van der Waals surface area (Å²) < 4.78 is 17.9. The van der Waals surface area contributed by atoms with E-state index in [1.165, 1.54) is 19.2 Å². The molecule has 0 radical (unpaired) electrons. The van der Waals surface area contributed by atoms with Crippen LogP contribution in [0.1, 0.15) is 5.56 Å². The van der Waals surface area contributed by atoms with Crippen molar-refractivity contribution in [2.75, 3.05) is 25.6 Å². The smallest absolute Gasteiger partial charge is 0.143 e. The number of nitriles is 1. The van der Waals surface area contributed by atoms with Gasteiger partial charge < -0.3 is 15.2 Å². The first kappa shape index (κ1) is 12.4. The summed E-state index contributed by atoms with van der Waals surface area (Å²) in [5.74, 6) is -0.575. The van der Waals surface area contributed by atoms with Crippen LogP contribution in [0.15, 0.2) is 18.2 Å². The van der Waals surface area contributed by atoms with Gasteiger partial charge >= 0.3 is 0 Å². The molecule has 0 aliphatic rings. The van der Waals surface area contributed by atoms with Gasteiger partial charge in [-0.2, -0.15) is 5.26 Å². The van der Waals surface area contributed by atoms with Gasteiger partial charge in [-0.15, -0.1) is 0 Å². The molecule has 0 saturated carbocycles. The van der Waals surface area contributed by atoms with E-state index in [9.17, 15) is 9.50 Å². The first-order valence-electron chi connectivity index (χ1n) is 4.78. The molecule has 5 heteroatoms. The van der Waals surface area contributed by atoms with Crippen molar-refractivity contribution in [2.45, 2.75) is 6.10 Å². The molecule has 0 saturated heterocycles. The Balaban J connectivity index is 2.67. The first-order chi connectivity index (χ1) is 7.69. The maximum absolute atomic E-state index is 13.2. The van der Waals surface area contributed by atoms with Crippen LogP contribution >= 0.6 is 0 Å². The summed E-state index contributed by atoms with van der Waals surface area (Å²) >= 11 is 0. The number of rotatable bonds is 5. The number of nitrogens with one attached hydrogen (secondary N) is 1. The summed E-state index contributed by atoms with van der Waals surface area (Å²) in [7, 11) is 1.48. The Hall–Kier alpha value is -1.64. The van der Waals surface area contributed by atoms with Crippen molar-refractivity contribution in [1.82, 2.24) is 0 Å². The predicted molar refractivity (Wildman–Crippen MR) is 57.5 cm³/mol. The highest BCUT2D eigenvalue weighted by Crippen LogP contribution is 2.17. The molecule has 16 heavy (non-hydrogen) atoms. The number of aliphatic hydroxyl groups excluding tert-OH is 1. The highest BCUT2D eigenvalue weighted by Gasteiger charge is 2.09. The molecule has 4 nitrogen and oxygen atoms in total. The van der Waals surface area contributed by atoms with Crippen LogP contribution in [0.25, 0.3) is 0 Å². The maximum atomic E-state index is 13.2. The van der Waals surface area contributed by atoms with E-state index in [4.69, 9.17) is 10.00 Å². The van der Waals surface area contributed by atoms with Crippen molar-refractivity contribution < 1.29 is 14.2 Å². The zero-order valence-electron chi connectivity index (χ0n) is 8.90. The first-order valence-corrected chi connectivity index (χ1v) is 4.78. The molecule has 0 amide bonds. The topological polar surface area (TPSA) is 65.3 Å². The molecule has 1 atom stereocenters. The van der Waals surface area contributed by atoms with Gasteiger partial charge in [0.15, 0.2) is 0 Å². The molecule has 1 aromatic rings. The SMILES string of the molecule is COCC(O)CNc1cccc(F)c1C#N. The standard InChI is InChI=1S/C11H13FN2O2/c1-16-7-8(15)6-14-11-4-2-3-10(12)9(11)5-13/h2-4,8,14-15H,6-7H2,1H3. The molecule has 0 spiro atoms. The van der Waals surface area contributed by atoms with Gasteiger partial charge in [-0.25, -0.2) is 4.39 Å². The molecule has 86 valence electrons. The third-order valence-electron chi connectivity index (χ3n) is 2.01. The average molecular weight is 224 g/mol. The van der Waals surface area contributed by atoms with Crippen LogP contribution in [-0.4, -0.2) is 31.5 Å². The second kappa shape index (κ2) is 6.05. The van der Waals surface area contributed by atoms with E-state index in [1.807, 2.05) is 0 Å². The van der Waals surface area contributed by atoms with Crippen LogP contribution in [0.2, 0.25) is 0 Å². The van der Waals surface area contributed by atoms with Gasteiger partial charge in [-0.1, -0.05) is 6.07 Å². The van der Waals surface area contributed by atoms with E-state index in [2.05, 4.69) is 5.32 Å².